The van der Waals surface area contributed by atoms with Gasteiger partial charge in [-0.2, -0.15) is 0 Å². The molecule has 204 valence electrons. The van der Waals surface area contributed by atoms with Crippen LogP contribution in [0.2, 0.25) is 0 Å². The highest BCUT2D eigenvalue weighted by atomic mass is 14.5. The van der Waals surface area contributed by atoms with E-state index < -0.39 is 0 Å². The molecule has 0 nitrogen and oxygen atoms in total. The maximum Gasteiger partial charge on any atom is 0.0162 e. The Morgan fingerprint density at radius 1 is 0.405 bits per heavy atom. The summed E-state index contributed by atoms with van der Waals surface area (Å²) in [5, 5.41) is 2.69. The van der Waals surface area contributed by atoms with Crippen LogP contribution < -0.4 is 0 Å². The highest BCUT2D eigenvalue weighted by Crippen LogP contribution is 2.61. The summed E-state index contributed by atoms with van der Waals surface area (Å²) < 4.78 is 0. The predicted octanol–water partition coefficient (Wildman–Crippen LogP) is 11.4. The van der Waals surface area contributed by atoms with E-state index in [1.807, 2.05) is 0 Å². The minimum atomic E-state index is -0.129. The zero-order valence-corrected chi connectivity index (χ0v) is 25.4. The van der Waals surface area contributed by atoms with E-state index in [1.54, 1.807) is 0 Å². The van der Waals surface area contributed by atoms with E-state index >= 15 is 0 Å². The second-order valence-electron chi connectivity index (χ2n) is 13.4. The molecule has 0 bridgehead atoms. The average molecular weight is 541 g/mol. The van der Waals surface area contributed by atoms with Gasteiger partial charge in [-0.05, 0) is 115 Å². The van der Waals surface area contributed by atoms with Gasteiger partial charge in [-0.1, -0.05) is 125 Å². The molecule has 2 aliphatic rings. The highest BCUT2D eigenvalue weighted by Gasteiger charge is 2.46. The molecule has 0 amide bonds. The first-order chi connectivity index (χ1) is 20.2. The van der Waals surface area contributed by atoms with Crippen LogP contribution in [0.1, 0.15) is 61.1 Å². The van der Waals surface area contributed by atoms with E-state index in [0.29, 0.717) is 0 Å². The quantitative estimate of drug-likeness (QED) is 0.205. The minimum Gasteiger partial charge on any atom is -0.0620 e. The number of aryl methyl sites for hydroxylation is 2. The molecule has 0 fully saturated rings. The van der Waals surface area contributed by atoms with Gasteiger partial charge in [0.05, 0.1) is 0 Å². The maximum absolute atomic E-state index is 2.51. The number of benzene rings is 6. The van der Waals surface area contributed by atoms with Gasteiger partial charge in [0.25, 0.3) is 0 Å². The van der Waals surface area contributed by atoms with Crippen molar-refractivity contribution in [3.8, 4) is 44.5 Å². The molecule has 0 saturated heterocycles. The monoisotopic (exact) mass is 540 g/mol. The Kier molecular flexibility index (Phi) is 5.15. The van der Waals surface area contributed by atoms with Gasteiger partial charge < -0.3 is 0 Å². The van der Waals surface area contributed by atoms with Gasteiger partial charge in [0.2, 0.25) is 0 Å². The number of rotatable bonds is 2. The SMILES string of the molecule is Cc1ccccc1-c1ccc2c(c1)C(C)(C)c1c-2ccc2c1C(C)(C)c1cc(-c3ccccc3C)c3ccccc3c1-2. The van der Waals surface area contributed by atoms with Gasteiger partial charge in [0, 0.05) is 10.8 Å². The van der Waals surface area contributed by atoms with Crippen LogP contribution in [0.3, 0.4) is 0 Å². The summed E-state index contributed by atoms with van der Waals surface area (Å²) in [6, 6.07) is 41.1. The molecule has 0 heterocycles. The van der Waals surface area contributed by atoms with Crippen LogP contribution in [0, 0.1) is 13.8 Å². The molecule has 2 aliphatic carbocycles. The highest BCUT2D eigenvalue weighted by molar-refractivity contribution is 6.10. The molecule has 6 aromatic rings. The summed E-state index contributed by atoms with van der Waals surface area (Å²) in [4.78, 5) is 0. The Hall–Kier alpha value is -4.42. The van der Waals surface area contributed by atoms with Crippen LogP contribution in [-0.2, 0) is 10.8 Å². The molecule has 6 aromatic carbocycles. The van der Waals surface area contributed by atoms with Gasteiger partial charge in [-0.15, -0.1) is 0 Å². The molecular formula is C42H36. The lowest BCUT2D eigenvalue weighted by molar-refractivity contribution is 0.601. The van der Waals surface area contributed by atoms with Crippen LogP contribution in [0.5, 0.6) is 0 Å². The Bertz CT molecular complexity index is 2100. The molecule has 0 aromatic heterocycles. The smallest absolute Gasteiger partial charge is 0.0162 e. The van der Waals surface area contributed by atoms with Crippen molar-refractivity contribution in [2.45, 2.75) is 52.4 Å². The van der Waals surface area contributed by atoms with Crippen molar-refractivity contribution in [2.24, 2.45) is 0 Å². The molecule has 0 spiro atoms. The van der Waals surface area contributed by atoms with Crippen LogP contribution >= 0.6 is 0 Å². The number of hydrogen-bond donors (Lipinski definition) is 0. The zero-order chi connectivity index (χ0) is 29.0. The summed E-state index contributed by atoms with van der Waals surface area (Å²) in [6.07, 6.45) is 0. The van der Waals surface area contributed by atoms with Crippen molar-refractivity contribution < 1.29 is 0 Å². The normalized spacial score (nSPS) is 15.3. The van der Waals surface area contributed by atoms with Crippen LogP contribution in [0.15, 0.2) is 109 Å². The fourth-order valence-electron chi connectivity index (χ4n) is 8.22. The lowest BCUT2D eigenvalue weighted by Crippen LogP contribution is -2.24. The molecule has 0 saturated carbocycles. The Balaban J connectivity index is 1.39. The molecule has 0 atom stereocenters. The van der Waals surface area contributed by atoms with Crippen molar-refractivity contribution in [1.29, 1.82) is 0 Å². The lowest BCUT2D eigenvalue weighted by atomic mass is 9.72. The average Bonchev–Trinajstić information content (AvgIpc) is 3.36. The molecule has 0 unspecified atom stereocenters. The fraction of sp³-hybridized carbons (Fsp3) is 0.190. The van der Waals surface area contributed by atoms with Crippen molar-refractivity contribution in [3.05, 3.63) is 143 Å². The molecule has 0 heteroatoms. The number of hydrogen-bond acceptors (Lipinski definition) is 0. The fourth-order valence-corrected chi connectivity index (χ4v) is 8.22. The zero-order valence-electron chi connectivity index (χ0n) is 25.4. The predicted molar refractivity (Wildman–Crippen MR) is 179 cm³/mol. The van der Waals surface area contributed by atoms with Crippen LogP contribution in [0.4, 0.5) is 0 Å². The van der Waals surface area contributed by atoms with Crippen LogP contribution in [0.25, 0.3) is 55.3 Å². The first-order valence-electron chi connectivity index (χ1n) is 15.2. The van der Waals surface area contributed by atoms with Crippen molar-refractivity contribution in [2.75, 3.05) is 0 Å². The second-order valence-corrected chi connectivity index (χ2v) is 13.4. The van der Waals surface area contributed by atoms with E-state index in [-0.39, 0.29) is 10.8 Å². The minimum absolute atomic E-state index is 0.108. The van der Waals surface area contributed by atoms with Gasteiger partial charge in [-0.25, -0.2) is 0 Å². The lowest BCUT2D eigenvalue weighted by Gasteiger charge is -2.31. The van der Waals surface area contributed by atoms with Gasteiger partial charge >= 0.3 is 0 Å². The van der Waals surface area contributed by atoms with Crippen molar-refractivity contribution in [1.82, 2.24) is 0 Å². The van der Waals surface area contributed by atoms with E-state index in [2.05, 4.69) is 151 Å². The van der Waals surface area contributed by atoms with Crippen molar-refractivity contribution in [3.63, 3.8) is 0 Å². The Morgan fingerprint density at radius 3 is 1.67 bits per heavy atom. The summed E-state index contributed by atoms with van der Waals surface area (Å²) in [7, 11) is 0. The number of fused-ring (bicyclic) bond motifs is 9. The van der Waals surface area contributed by atoms with Crippen molar-refractivity contribution >= 4 is 10.8 Å². The Labute approximate surface area is 249 Å². The topological polar surface area (TPSA) is 0 Å². The summed E-state index contributed by atoms with van der Waals surface area (Å²) in [5.74, 6) is 0. The maximum atomic E-state index is 2.51. The van der Waals surface area contributed by atoms with E-state index in [0.717, 1.165) is 0 Å². The Morgan fingerprint density at radius 2 is 0.952 bits per heavy atom. The van der Waals surface area contributed by atoms with Gasteiger partial charge in [-0.3, -0.25) is 0 Å². The largest absolute Gasteiger partial charge is 0.0620 e. The van der Waals surface area contributed by atoms with E-state index in [4.69, 9.17) is 0 Å². The second kappa shape index (κ2) is 8.55. The molecule has 0 radical (unpaired) electrons. The first-order valence-corrected chi connectivity index (χ1v) is 15.2. The summed E-state index contributed by atoms with van der Waals surface area (Å²) in [6.45, 7) is 14.2. The molecular weight excluding hydrogens is 504 g/mol. The molecule has 8 rings (SSSR count). The van der Waals surface area contributed by atoms with Gasteiger partial charge in [0.15, 0.2) is 0 Å². The summed E-state index contributed by atoms with van der Waals surface area (Å²) >= 11 is 0. The first kappa shape index (κ1) is 25.3. The van der Waals surface area contributed by atoms with E-state index in [9.17, 15) is 0 Å². The third-order valence-electron chi connectivity index (χ3n) is 10.3. The molecule has 42 heavy (non-hydrogen) atoms. The molecule has 0 aliphatic heterocycles. The summed E-state index contributed by atoms with van der Waals surface area (Å²) in [5.41, 5.74) is 19.2. The third kappa shape index (κ3) is 3.24. The third-order valence-corrected chi connectivity index (χ3v) is 10.3. The van der Waals surface area contributed by atoms with Crippen LogP contribution in [-0.4, -0.2) is 0 Å². The van der Waals surface area contributed by atoms with E-state index in [1.165, 1.54) is 88.7 Å². The standard InChI is InChI=1S/C42H36/c1-25-13-7-9-15-28(25)27-19-20-31-33-21-22-34-38-32-18-12-11-17-30(32)35(29-16-10-8-14-26(29)2)24-37(38)42(5,6)40(34)39(33)41(3,4)36(31)23-27/h7-24H,1-6H3. The molecule has 0 N–H and O–H groups in total. The van der Waals surface area contributed by atoms with Gasteiger partial charge in [0.1, 0.15) is 0 Å².